The second-order valence-electron chi connectivity index (χ2n) is 5.51. The van der Waals surface area contributed by atoms with Gasteiger partial charge >= 0.3 is 0 Å². The molecule has 2 aromatic heterocycles. The van der Waals surface area contributed by atoms with Crippen LogP contribution in [-0.4, -0.2) is 27.2 Å². The number of carbonyl (C=O) groups is 1. The van der Waals surface area contributed by atoms with Gasteiger partial charge in [0.25, 0.3) is 5.91 Å². The molecule has 6 heteroatoms. The summed E-state index contributed by atoms with van der Waals surface area (Å²) in [4.78, 5) is 16.4. The molecular formula is C18H20N4O2. The molecule has 24 heavy (non-hydrogen) atoms. The van der Waals surface area contributed by atoms with Gasteiger partial charge in [0.2, 0.25) is 5.76 Å². The molecule has 124 valence electrons. The Kier molecular flexibility index (Phi) is 4.74. The van der Waals surface area contributed by atoms with Gasteiger partial charge in [0, 0.05) is 19.2 Å². The lowest BCUT2D eigenvalue weighted by Gasteiger charge is -2.02. The number of hydrogen-bond donors (Lipinski definition) is 1. The Bertz CT molecular complexity index is 821. The summed E-state index contributed by atoms with van der Waals surface area (Å²) in [6, 6.07) is 9.91. The summed E-state index contributed by atoms with van der Waals surface area (Å²) in [6.07, 6.45) is 5.16. The second-order valence-corrected chi connectivity index (χ2v) is 5.51. The molecule has 1 aromatic carbocycles. The molecule has 6 nitrogen and oxygen atoms in total. The number of amides is 1. The first-order chi connectivity index (χ1) is 11.7. The van der Waals surface area contributed by atoms with Crippen molar-refractivity contribution in [3.05, 3.63) is 65.6 Å². The highest BCUT2D eigenvalue weighted by Gasteiger charge is 2.16. The van der Waals surface area contributed by atoms with Crippen LogP contribution in [0.25, 0.3) is 5.69 Å². The minimum absolute atomic E-state index is 0.227. The first-order valence-corrected chi connectivity index (χ1v) is 8.01. The largest absolute Gasteiger partial charge is 0.435 e. The van der Waals surface area contributed by atoms with E-state index in [4.69, 9.17) is 4.42 Å². The maximum absolute atomic E-state index is 12.1. The monoisotopic (exact) mass is 324 g/mol. The lowest BCUT2D eigenvalue weighted by atomic mass is 10.2. The summed E-state index contributed by atoms with van der Waals surface area (Å²) in [5.74, 6) is 0.656. The molecule has 0 fully saturated rings. The zero-order valence-corrected chi connectivity index (χ0v) is 13.8. The van der Waals surface area contributed by atoms with Crippen molar-refractivity contribution in [2.24, 2.45) is 0 Å². The van der Waals surface area contributed by atoms with E-state index < -0.39 is 0 Å². The van der Waals surface area contributed by atoms with Gasteiger partial charge in [-0.1, -0.05) is 25.1 Å². The van der Waals surface area contributed by atoms with Crippen LogP contribution in [0.4, 0.5) is 0 Å². The maximum atomic E-state index is 12.1. The zero-order chi connectivity index (χ0) is 16.9. The zero-order valence-electron chi connectivity index (χ0n) is 13.8. The van der Waals surface area contributed by atoms with E-state index in [0.29, 0.717) is 36.7 Å². The quantitative estimate of drug-likeness (QED) is 0.756. The fourth-order valence-electron chi connectivity index (χ4n) is 2.43. The van der Waals surface area contributed by atoms with E-state index in [1.54, 1.807) is 6.92 Å². The normalized spacial score (nSPS) is 10.8. The number of hydrogen-bond acceptors (Lipinski definition) is 4. The Hall–Kier alpha value is -2.89. The van der Waals surface area contributed by atoms with Crippen LogP contribution in [0.15, 0.2) is 47.1 Å². The average molecular weight is 324 g/mol. The van der Waals surface area contributed by atoms with Gasteiger partial charge in [0.05, 0.1) is 17.6 Å². The highest BCUT2D eigenvalue weighted by atomic mass is 16.4. The van der Waals surface area contributed by atoms with Crippen molar-refractivity contribution in [3.8, 4) is 5.69 Å². The molecule has 2 heterocycles. The molecular weight excluding hydrogens is 304 g/mol. The number of nitrogens with zero attached hydrogens (tertiary/aromatic N) is 3. The van der Waals surface area contributed by atoms with Crippen molar-refractivity contribution in [3.63, 3.8) is 0 Å². The molecule has 3 aromatic rings. The molecule has 0 saturated heterocycles. The number of rotatable bonds is 6. The van der Waals surface area contributed by atoms with E-state index in [2.05, 4.69) is 15.4 Å². The van der Waals surface area contributed by atoms with Crippen molar-refractivity contribution in [1.29, 1.82) is 0 Å². The number of benzene rings is 1. The molecule has 0 unspecified atom stereocenters. The van der Waals surface area contributed by atoms with Crippen LogP contribution in [0.5, 0.6) is 0 Å². The van der Waals surface area contributed by atoms with Crippen LogP contribution in [0, 0.1) is 6.92 Å². The van der Waals surface area contributed by atoms with E-state index in [1.807, 2.05) is 54.3 Å². The summed E-state index contributed by atoms with van der Waals surface area (Å²) in [7, 11) is 0. The Labute approximate surface area is 140 Å². The highest BCUT2D eigenvalue weighted by Crippen LogP contribution is 2.11. The van der Waals surface area contributed by atoms with Gasteiger partial charge in [-0.15, -0.1) is 0 Å². The van der Waals surface area contributed by atoms with E-state index in [0.717, 1.165) is 11.3 Å². The Morgan fingerprint density at radius 3 is 2.79 bits per heavy atom. The molecule has 1 amide bonds. The standard InChI is InChI=1S/C18H20N4O2/c1-3-16-21-13(2)17(24-16)18(23)19-10-9-14-11-20-22(12-14)15-7-5-4-6-8-15/h4-8,11-12H,3,9-10H2,1-2H3,(H,19,23). The number of carbonyl (C=O) groups excluding carboxylic acids is 1. The van der Waals surface area contributed by atoms with E-state index >= 15 is 0 Å². The molecule has 3 rings (SSSR count). The van der Waals surface area contributed by atoms with Crippen molar-refractivity contribution in [2.75, 3.05) is 6.54 Å². The summed E-state index contributed by atoms with van der Waals surface area (Å²) < 4.78 is 7.28. The fraction of sp³-hybridized carbons (Fsp3) is 0.278. The van der Waals surface area contributed by atoms with Crippen molar-refractivity contribution >= 4 is 5.91 Å². The highest BCUT2D eigenvalue weighted by molar-refractivity contribution is 5.92. The van der Waals surface area contributed by atoms with Gasteiger partial charge in [-0.3, -0.25) is 4.79 Å². The SMILES string of the molecule is CCc1nc(C)c(C(=O)NCCc2cnn(-c3ccccc3)c2)o1. The van der Waals surface area contributed by atoms with Gasteiger partial charge in [-0.05, 0) is 31.0 Å². The van der Waals surface area contributed by atoms with Gasteiger partial charge < -0.3 is 9.73 Å². The van der Waals surface area contributed by atoms with E-state index in [9.17, 15) is 4.79 Å². The maximum Gasteiger partial charge on any atom is 0.289 e. The molecule has 0 saturated carbocycles. The summed E-state index contributed by atoms with van der Waals surface area (Å²) in [5.41, 5.74) is 2.70. The number of nitrogens with one attached hydrogen (secondary N) is 1. The lowest BCUT2D eigenvalue weighted by molar-refractivity contribution is 0.0924. The molecule has 0 aliphatic carbocycles. The lowest BCUT2D eigenvalue weighted by Crippen LogP contribution is -2.25. The molecule has 0 bridgehead atoms. The molecule has 1 N–H and O–H groups in total. The predicted molar refractivity (Wildman–Crippen MR) is 90.2 cm³/mol. The number of aryl methyl sites for hydroxylation is 2. The third-order valence-corrected chi connectivity index (χ3v) is 3.71. The first-order valence-electron chi connectivity index (χ1n) is 8.01. The van der Waals surface area contributed by atoms with Crippen molar-refractivity contribution < 1.29 is 9.21 Å². The Morgan fingerprint density at radius 2 is 2.08 bits per heavy atom. The van der Waals surface area contributed by atoms with Crippen molar-refractivity contribution in [2.45, 2.75) is 26.7 Å². The van der Waals surface area contributed by atoms with Crippen LogP contribution in [-0.2, 0) is 12.8 Å². The van der Waals surface area contributed by atoms with Gasteiger partial charge in [-0.25, -0.2) is 9.67 Å². The summed E-state index contributed by atoms with van der Waals surface area (Å²) >= 11 is 0. The predicted octanol–water partition coefficient (Wildman–Crippen LogP) is 2.70. The van der Waals surface area contributed by atoms with Gasteiger partial charge in [0.15, 0.2) is 5.89 Å². The number of para-hydroxylation sites is 1. The first kappa shape index (κ1) is 16.0. The average Bonchev–Trinajstić information content (AvgIpc) is 3.22. The molecule has 0 spiro atoms. The Morgan fingerprint density at radius 1 is 1.29 bits per heavy atom. The Balaban J connectivity index is 1.56. The van der Waals surface area contributed by atoms with E-state index in [-0.39, 0.29) is 5.91 Å². The molecule has 0 atom stereocenters. The van der Waals surface area contributed by atoms with E-state index in [1.165, 1.54) is 0 Å². The number of aromatic nitrogens is 3. The molecule has 0 aliphatic rings. The molecule has 0 radical (unpaired) electrons. The van der Waals surface area contributed by atoms with Crippen LogP contribution in [0.3, 0.4) is 0 Å². The minimum atomic E-state index is -0.227. The summed E-state index contributed by atoms with van der Waals surface area (Å²) in [6.45, 7) is 4.24. The number of oxazole rings is 1. The van der Waals surface area contributed by atoms with Gasteiger partial charge in [-0.2, -0.15) is 5.10 Å². The van der Waals surface area contributed by atoms with Crippen LogP contribution in [0.2, 0.25) is 0 Å². The van der Waals surface area contributed by atoms with Crippen LogP contribution >= 0.6 is 0 Å². The second kappa shape index (κ2) is 7.12. The topological polar surface area (TPSA) is 73.0 Å². The minimum Gasteiger partial charge on any atom is -0.435 e. The third-order valence-electron chi connectivity index (χ3n) is 3.71. The molecule has 0 aliphatic heterocycles. The third kappa shape index (κ3) is 3.53. The van der Waals surface area contributed by atoms with Crippen molar-refractivity contribution in [1.82, 2.24) is 20.1 Å². The van der Waals surface area contributed by atoms with Crippen LogP contribution < -0.4 is 5.32 Å². The fourth-order valence-corrected chi connectivity index (χ4v) is 2.43. The van der Waals surface area contributed by atoms with Gasteiger partial charge in [0.1, 0.15) is 0 Å². The summed E-state index contributed by atoms with van der Waals surface area (Å²) in [5, 5.41) is 7.21. The smallest absolute Gasteiger partial charge is 0.289 e. The van der Waals surface area contributed by atoms with Crippen LogP contribution in [0.1, 0.15) is 34.6 Å².